The average molecular weight is 527 g/mol. The zero-order valence-electron chi connectivity index (χ0n) is 19.3. The molecule has 0 saturated carbocycles. The molecule has 0 radical (unpaired) electrons. The summed E-state index contributed by atoms with van der Waals surface area (Å²) in [5.74, 6) is -1.75. The second-order valence-electron chi connectivity index (χ2n) is 7.53. The molecule has 0 bridgehead atoms. The van der Waals surface area contributed by atoms with Gasteiger partial charge >= 0.3 is 11.9 Å². The van der Waals surface area contributed by atoms with Crippen molar-refractivity contribution in [1.82, 2.24) is 5.32 Å². The summed E-state index contributed by atoms with van der Waals surface area (Å²) >= 11 is 3.52. The number of amides is 1. The number of hydrogen-bond acceptors (Lipinski definition) is 6. The van der Waals surface area contributed by atoms with Crippen LogP contribution in [0.1, 0.15) is 37.8 Å². The van der Waals surface area contributed by atoms with Crippen molar-refractivity contribution in [2.24, 2.45) is 0 Å². The van der Waals surface area contributed by atoms with Crippen LogP contribution >= 0.6 is 15.9 Å². The summed E-state index contributed by atoms with van der Waals surface area (Å²) < 4.78 is 11.2. The molecule has 1 amide bonds. The average Bonchev–Trinajstić information content (AvgIpc) is 2.80. The normalized spacial score (nSPS) is 15.2. The van der Waals surface area contributed by atoms with Gasteiger partial charge in [-0.05, 0) is 43.2 Å². The summed E-state index contributed by atoms with van der Waals surface area (Å²) in [5.41, 5.74) is 2.80. The van der Waals surface area contributed by atoms with Gasteiger partial charge in [-0.15, -0.1) is 0 Å². The van der Waals surface area contributed by atoms with Crippen molar-refractivity contribution < 1.29 is 23.9 Å². The monoisotopic (exact) mass is 526 g/mol. The van der Waals surface area contributed by atoms with E-state index in [1.807, 2.05) is 53.4 Å². The lowest BCUT2D eigenvalue weighted by atomic mass is 9.85. The third kappa shape index (κ3) is 5.94. The molecule has 2 aromatic carbocycles. The smallest absolute Gasteiger partial charge is 0.338 e. The molecule has 1 heterocycles. The maximum Gasteiger partial charge on any atom is 0.338 e. The first-order valence-electron chi connectivity index (χ1n) is 11.0. The van der Waals surface area contributed by atoms with Crippen LogP contribution in [0.3, 0.4) is 0 Å². The van der Waals surface area contributed by atoms with Gasteiger partial charge in [0, 0.05) is 35.6 Å². The molecule has 1 atom stereocenters. The number of nitrogens with one attached hydrogen (secondary N) is 1. The SMILES string of the molecule is CCOC(=O)/C=C/C1C(C(=O)OCC)=C(NC(C)=O)N(Cc2ccccc2)c2ccc(Br)cc21. The summed E-state index contributed by atoms with van der Waals surface area (Å²) in [4.78, 5) is 39.5. The molecule has 2 aromatic rings. The quantitative estimate of drug-likeness (QED) is 0.400. The van der Waals surface area contributed by atoms with E-state index in [9.17, 15) is 14.4 Å². The number of rotatable bonds is 8. The second-order valence-corrected chi connectivity index (χ2v) is 8.44. The zero-order valence-corrected chi connectivity index (χ0v) is 20.9. The highest BCUT2D eigenvalue weighted by Gasteiger charge is 2.37. The summed E-state index contributed by atoms with van der Waals surface area (Å²) in [6.45, 7) is 5.63. The zero-order chi connectivity index (χ0) is 24.7. The minimum absolute atomic E-state index is 0.161. The second kappa shape index (κ2) is 11.7. The maximum absolute atomic E-state index is 13.2. The predicted molar refractivity (Wildman–Crippen MR) is 133 cm³/mol. The van der Waals surface area contributed by atoms with Gasteiger partial charge in [0.25, 0.3) is 0 Å². The standard InChI is InChI=1S/C26H27BrN2O5/c1-4-33-23(31)14-12-20-21-15-19(27)11-13-22(21)29(16-18-9-7-6-8-10-18)25(28-17(3)30)24(20)26(32)34-5-2/h6-15,20H,4-5,16H2,1-3H3,(H,28,30)/b14-12+. The predicted octanol–water partition coefficient (Wildman–Crippen LogP) is 4.58. The van der Waals surface area contributed by atoms with E-state index in [0.717, 1.165) is 21.3 Å². The van der Waals surface area contributed by atoms with E-state index in [1.54, 1.807) is 19.9 Å². The third-order valence-corrected chi connectivity index (χ3v) is 5.63. The molecule has 1 unspecified atom stereocenters. The Balaban J connectivity index is 2.25. The summed E-state index contributed by atoms with van der Waals surface area (Å²) in [5, 5.41) is 2.84. The van der Waals surface area contributed by atoms with Crippen molar-refractivity contribution in [2.75, 3.05) is 18.1 Å². The lowest BCUT2D eigenvalue weighted by Crippen LogP contribution is -2.41. The van der Waals surface area contributed by atoms with Crippen molar-refractivity contribution in [3.05, 3.63) is 87.7 Å². The summed E-state index contributed by atoms with van der Waals surface area (Å²) in [6.07, 6.45) is 2.91. The first kappa shape index (κ1) is 25.2. The fourth-order valence-corrected chi connectivity index (χ4v) is 4.20. The van der Waals surface area contributed by atoms with Gasteiger partial charge in [-0.25, -0.2) is 9.59 Å². The number of allylic oxidation sites excluding steroid dienone is 1. The molecule has 0 spiro atoms. The Bertz CT molecular complexity index is 1130. The topological polar surface area (TPSA) is 84.9 Å². The molecule has 1 aliphatic rings. The molecule has 0 fully saturated rings. The van der Waals surface area contributed by atoms with Gasteiger partial charge in [0.1, 0.15) is 5.82 Å². The van der Waals surface area contributed by atoms with Gasteiger partial charge in [-0.1, -0.05) is 52.3 Å². The summed E-state index contributed by atoms with van der Waals surface area (Å²) in [6, 6.07) is 15.4. The first-order valence-corrected chi connectivity index (χ1v) is 11.8. The number of esters is 2. The molecule has 3 rings (SSSR count). The highest BCUT2D eigenvalue weighted by Crippen LogP contribution is 2.43. The molecule has 0 saturated heterocycles. The van der Waals surface area contributed by atoms with Crippen LogP contribution in [0.4, 0.5) is 5.69 Å². The van der Waals surface area contributed by atoms with Gasteiger partial charge in [0.15, 0.2) is 0 Å². The van der Waals surface area contributed by atoms with Gasteiger partial charge in [-0.3, -0.25) is 4.79 Å². The van der Waals surface area contributed by atoms with Crippen molar-refractivity contribution in [2.45, 2.75) is 33.2 Å². The van der Waals surface area contributed by atoms with E-state index in [4.69, 9.17) is 9.47 Å². The minimum atomic E-state index is -0.648. The maximum atomic E-state index is 13.2. The van der Waals surface area contributed by atoms with Crippen LogP contribution in [0.5, 0.6) is 0 Å². The Morgan fingerprint density at radius 2 is 1.76 bits per heavy atom. The number of hydrogen-bond donors (Lipinski definition) is 1. The van der Waals surface area contributed by atoms with E-state index in [-0.39, 0.29) is 24.7 Å². The number of anilines is 1. The van der Waals surface area contributed by atoms with Gasteiger partial charge in [-0.2, -0.15) is 0 Å². The Hall–Kier alpha value is -3.39. The Morgan fingerprint density at radius 1 is 1.06 bits per heavy atom. The van der Waals surface area contributed by atoms with Crippen LogP contribution in [0.2, 0.25) is 0 Å². The number of ether oxygens (including phenoxy) is 2. The fourth-order valence-electron chi connectivity index (χ4n) is 3.82. The highest BCUT2D eigenvalue weighted by atomic mass is 79.9. The number of nitrogens with zero attached hydrogens (tertiary/aromatic N) is 1. The van der Waals surface area contributed by atoms with Crippen LogP contribution in [-0.2, 0) is 30.4 Å². The summed E-state index contributed by atoms with van der Waals surface area (Å²) in [7, 11) is 0. The molecule has 1 aliphatic heterocycles. The van der Waals surface area contributed by atoms with E-state index in [0.29, 0.717) is 12.4 Å². The van der Waals surface area contributed by atoms with Crippen molar-refractivity contribution in [1.29, 1.82) is 0 Å². The van der Waals surface area contributed by atoms with Crippen molar-refractivity contribution in [3.8, 4) is 0 Å². The minimum Gasteiger partial charge on any atom is -0.463 e. The molecule has 1 N–H and O–H groups in total. The van der Waals surface area contributed by atoms with Crippen LogP contribution in [0, 0.1) is 0 Å². The van der Waals surface area contributed by atoms with Crippen LogP contribution < -0.4 is 10.2 Å². The number of fused-ring (bicyclic) bond motifs is 1. The Labute approximate surface area is 207 Å². The molecule has 0 aliphatic carbocycles. The largest absolute Gasteiger partial charge is 0.463 e. The van der Waals surface area contributed by atoms with Crippen LogP contribution in [0.25, 0.3) is 0 Å². The van der Waals surface area contributed by atoms with Crippen molar-refractivity contribution in [3.63, 3.8) is 0 Å². The van der Waals surface area contributed by atoms with E-state index < -0.39 is 17.9 Å². The molecular weight excluding hydrogens is 500 g/mol. The molecule has 7 nitrogen and oxygen atoms in total. The van der Waals surface area contributed by atoms with Crippen molar-refractivity contribution >= 4 is 39.5 Å². The lowest BCUT2D eigenvalue weighted by molar-refractivity contribution is -0.139. The Kier molecular flexibility index (Phi) is 8.65. The molecule has 0 aromatic heterocycles. The number of benzene rings is 2. The van der Waals surface area contributed by atoms with E-state index >= 15 is 0 Å². The number of carbonyl (C=O) groups is 3. The molecule has 178 valence electrons. The first-order chi connectivity index (χ1) is 16.3. The van der Waals surface area contributed by atoms with Gasteiger partial charge in [0.05, 0.1) is 18.8 Å². The van der Waals surface area contributed by atoms with Crippen LogP contribution in [-0.4, -0.2) is 31.1 Å². The van der Waals surface area contributed by atoms with Crippen LogP contribution in [0.15, 0.2) is 76.5 Å². The van der Waals surface area contributed by atoms with Gasteiger partial charge in [0.2, 0.25) is 5.91 Å². The lowest BCUT2D eigenvalue weighted by Gasteiger charge is -2.38. The molecular formula is C26H27BrN2O5. The Morgan fingerprint density at radius 3 is 2.41 bits per heavy atom. The molecule has 34 heavy (non-hydrogen) atoms. The van der Waals surface area contributed by atoms with E-state index in [2.05, 4.69) is 21.2 Å². The highest BCUT2D eigenvalue weighted by molar-refractivity contribution is 9.10. The molecule has 8 heteroatoms. The fraction of sp³-hybridized carbons (Fsp3) is 0.269. The number of carbonyl (C=O) groups excluding carboxylic acids is 3. The third-order valence-electron chi connectivity index (χ3n) is 5.14. The van der Waals surface area contributed by atoms with E-state index in [1.165, 1.54) is 13.0 Å². The number of halogens is 1. The van der Waals surface area contributed by atoms with Gasteiger partial charge < -0.3 is 19.7 Å².